The van der Waals surface area contributed by atoms with Gasteiger partial charge in [0.15, 0.2) is 15.6 Å². The highest BCUT2D eigenvalue weighted by molar-refractivity contribution is 9.10. The van der Waals surface area contributed by atoms with Crippen LogP contribution in [0.2, 0.25) is 0 Å². The van der Waals surface area contributed by atoms with E-state index in [4.69, 9.17) is 9.15 Å². The number of halogens is 1. The molecule has 8 nitrogen and oxygen atoms in total. The molecule has 3 aromatic heterocycles. The van der Waals surface area contributed by atoms with Crippen LogP contribution in [-0.2, 0) is 16.1 Å². The standard InChI is InChI=1S/C23H21BrN4O4S2/c1-4-28-20(15-10-11-16(24)32-15)26-27-23(28)33-12-17(29)25-21-19(22(30)31-3)18(13(2)34-21)14-8-6-5-7-9-14/h5-11H,4,12H2,1-3H3,(H,25,29). The van der Waals surface area contributed by atoms with Crippen molar-refractivity contribution in [2.24, 2.45) is 0 Å². The average Bonchev–Trinajstić information content (AvgIpc) is 3.53. The Labute approximate surface area is 212 Å². The highest BCUT2D eigenvalue weighted by Crippen LogP contribution is 2.40. The number of furan rings is 1. The molecule has 3 heterocycles. The molecule has 1 amide bonds. The Hall–Kier alpha value is -2.89. The molecule has 0 fully saturated rings. The zero-order valence-corrected chi connectivity index (χ0v) is 21.8. The van der Waals surface area contributed by atoms with E-state index < -0.39 is 5.97 Å². The summed E-state index contributed by atoms with van der Waals surface area (Å²) < 4.78 is 13.1. The van der Waals surface area contributed by atoms with Crippen LogP contribution in [-0.4, -0.2) is 39.5 Å². The number of rotatable bonds is 8. The van der Waals surface area contributed by atoms with Crippen molar-refractivity contribution in [3.05, 3.63) is 57.6 Å². The Kier molecular flexibility index (Phi) is 7.54. The molecule has 0 atom stereocenters. The van der Waals surface area contributed by atoms with Gasteiger partial charge in [0.2, 0.25) is 11.7 Å². The minimum absolute atomic E-state index is 0.0954. The molecule has 176 valence electrons. The van der Waals surface area contributed by atoms with Gasteiger partial charge in [-0.15, -0.1) is 21.5 Å². The lowest BCUT2D eigenvalue weighted by Crippen LogP contribution is -2.16. The van der Waals surface area contributed by atoms with Crippen LogP contribution >= 0.6 is 39.0 Å². The normalized spacial score (nSPS) is 10.9. The van der Waals surface area contributed by atoms with E-state index in [1.807, 2.05) is 48.7 Å². The van der Waals surface area contributed by atoms with Crippen molar-refractivity contribution in [3.63, 3.8) is 0 Å². The van der Waals surface area contributed by atoms with Gasteiger partial charge in [-0.3, -0.25) is 9.36 Å². The zero-order valence-electron chi connectivity index (χ0n) is 18.6. The Morgan fingerprint density at radius 3 is 2.62 bits per heavy atom. The number of thioether (sulfide) groups is 1. The molecule has 0 radical (unpaired) electrons. The largest absolute Gasteiger partial charge is 0.465 e. The van der Waals surface area contributed by atoms with E-state index in [-0.39, 0.29) is 11.7 Å². The van der Waals surface area contributed by atoms with E-state index in [1.165, 1.54) is 30.2 Å². The third-order valence-corrected chi connectivity index (χ3v) is 7.36. The molecule has 0 aliphatic rings. The summed E-state index contributed by atoms with van der Waals surface area (Å²) in [7, 11) is 1.33. The summed E-state index contributed by atoms with van der Waals surface area (Å²) in [6.45, 7) is 4.50. The molecule has 0 saturated heterocycles. The van der Waals surface area contributed by atoms with Gasteiger partial charge in [0.05, 0.1) is 12.9 Å². The van der Waals surface area contributed by atoms with E-state index in [1.54, 1.807) is 12.1 Å². The third-order valence-electron chi connectivity index (χ3n) is 4.95. The monoisotopic (exact) mass is 560 g/mol. The van der Waals surface area contributed by atoms with Crippen LogP contribution in [0.3, 0.4) is 0 Å². The number of hydrogen-bond acceptors (Lipinski definition) is 8. The third kappa shape index (κ3) is 4.96. The minimum Gasteiger partial charge on any atom is -0.465 e. The number of benzene rings is 1. The number of carbonyl (C=O) groups is 2. The number of aryl methyl sites for hydroxylation is 1. The predicted octanol–water partition coefficient (Wildman–Crippen LogP) is 5.87. The Morgan fingerprint density at radius 2 is 1.97 bits per heavy atom. The van der Waals surface area contributed by atoms with Crippen molar-refractivity contribution in [1.29, 1.82) is 0 Å². The quantitative estimate of drug-likeness (QED) is 0.212. The Bertz CT molecular complexity index is 1330. The summed E-state index contributed by atoms with van der Waals surface area (Å²) in [6, 6.07) is 13.2. The lowest BCUT2D eigenvalue weighted by atomic mass is 10.0. The van der Waals surface area contributed by atoms with Crippen LogP contribution in [0.5, 0.6) is 0 Å². The summed E-state index contributed by atoms with van der Waals surface area (Å²) >= 11 is 5.90. The van der Waals surface area contributed by atoms with Crippen molar-refractivity contribution in [2.75, 3.05) is 18.2 Å². The van der Waals surface area contributed by atoms with Crippen molar-refractivity contribution in [3.8, 4) is 22.7 Å². The van der Waals surface area contributed by atoms with Crippen LogP contribution in [0, 0.1) is 6.92 Å². The first-order valence-corrected chi connectivity index (χ1v) is 12.9. The smallest absolute Gasteiger partial charge is 0.341 e. The topological polar surface area (TPSA) is 99.2 Å². The number of aromatic nitrogens is 3. The zero-order chi connectivity index (χ0) is 24.2. The summed E-state index contributed by atoms with van der Waals surface area (Å²) in [5, 5.41) is 12.4. The van der Waals surface area contributed by atoms with Crippen LogP contribution in [0.1, 0.15) is 22.2 Å². The lowest BCUT2D eigenvalue weighted by Gasteiger charge is -2.08. The maximum Gasteiger partial charge on any atom is 0.341 e. The van der Waals surface area contributed by atoms with Gasteiger partial charge in [-0.1, -0.05) is 42.1 Å². The predicted molar refractivity (Wildman–Crippen MR) is 136 cm³/mol. The summed E-state index contributed by atoms with van der Waals surface area (Å²) in [5.74, 6) is 0.515. The first kappa shape index (κ1) is 24.2. The molecule has 0 saturated carbocycles. The molecule has 0 bridgehead atoms. The van der Waals surface area contributed by atoms with E-state index in [0.717, 1.165) is 16.0 Å². The van der Waals surface area contributed by atoms with Gasteiger partial charge < -0.3 is 14.5 Å². The molecule has 4 rings (SSSR count). The number of esters is 1. The van der Waals surface area contributed by atoms with E-state index in [9.17, 15) is 9.59 Å². The first-order valence-electron chi connectivity index (χ1n) is 10.3. The minimum atomic E-state index is -0.494. The summed E-state index contributed by atoms with van der Waals surface area (Å²) in [6.07, 6.45) is 0. The van der Waals surface area contributed by atoms with E-state index in [2.05, 4.69) is 31.4 Å². The molecule has 4 aromatic rings. The number of ether oxygens (including phenoxy) is 1. The van der Waals surface area contributed by atoms with Gasteiger partial charge >= 0.3 is 5.97 Å². The molecule has 0 aliphatic heterocycles. The van der Waals surface area contributed by atoms with Gasteiger partial charge in [0.1, 0.15) is 10.6 Å². The highest BCUT2D eigenvalue weighted by atomic mass is 79.9. The van der Waals surface area contributed by atoms with Crippen molar-refractivity contribution < 1.29 is 18.7 Å². The van der Waals surface area contributed by atoms with E-state index >= 15 is 0 Å². The van der Waals surface area contributed by atoms with Crippen LogP contribution in [0.25, 0.3) is 22.7 Å². The molecular formula is C23H21BrN4O4S2. The molecule has 1 N–H and O–H groups in total. The number of methoxy groups -OCH3 is 1. The highest BCUT2D eigenvalue weighted by Gasteiger charge is 2.25. The fourth-order valence-electron chi connectivity index (χ4n) is 3.47. The SMILES string of the molecule is CCn1c(SCC(=O)Nc2sc(C)c(-c3ccccc3)c2C(=O)OC)nnc1-c1ccc(Br)o1. The van der Waals surface area contributed by atoms with Crippen LogP contribution in [0.15, 0.2) is 56.7 Å². The maximum absolute atomic E-state index is 12.8. The van der Waals surface area contributed by atoms with Crippen LogP contribution < -0.4 is 5.32 Å². The Balaban J connectivity index is 1.53. The fourth-order valence-corrected chi connectivity index (χ4v) is 5.66. The molecular weight excluding hydrogens is 540 g/mol. The fraction of sp³-hybridized carbons (Fsp3) is 0.217. The molecule has 0 unspecified atom stereocenters. The van der Waals surface area contributed by atoms with Crippen molar-refractivity contribution in [1.82, 2.24) is 14.8 Å². The number of carbonyl (C=O) groups excluding carboxylic acids is 2. The van der Waals surface area contributed by atoms with Crippen molar-refractivity contribution in [2.45, 2.75) is 25.5 Å². The molecule has 0 aliphatic carbocycles. The lowest BCUT2D eigenvalue weighted by molar-refractivity contribution is -0.113. The molecule has 34 heavy (non-hydrogen) atoms. The van der Waals surface area contributed by atoms with Gasteiger partial charge in [-0.05, 0) is 47.5 Å². The van der Waals surface area contributed by atoms with Gasteiger partial charge in [0, 0.05) is 17.0 Å². The first-order chi connectivity index (χ1) is 16.4. The number of hydrogen-bond donors (Lipinski definition) is 1. The number of amides is 1. The van der Waals surface area contributed by atoms with Gasteiger partial charge in [-0.2, -0.15) is 0 Å². The van der Waals surface area contributed by atoms with Gasteiger partial charge in [0.25, 0.3) is 0 Å². The van der Waals surface area contributed by atoms with Crippen molar-refractivity contribution >= 4 is 55.9 Å². The second-order valence-corrected chi connectivity index (χ2v) is 10.0. The summed E-state index contributed by atoms with van der Waals surface area (Å²) in [5.41, 5.74) is 2.01. The second-order valence-electron chi connectivity index (χ2n) is 7.09. The van der Waals surface area contributed by atoms with Gasteiger partial charge in [-0.25, -0.2) is 4.79 Å². The number of anilines is 1. The number of nitrogens with one attached hydrogen (secondary N) is 1. The van der Waals surface area contributed by atoms with E-state index in [0.29, 0.717) is 38.5 Å². The molecule has 1 aromatic carbocycles. The Morgan fingerprint density at radius 1 is 1.21 bits per heavy atom. The summed E-state index contributed by atoms with van der Waals surface area (Å²) in [4.78, 5) is 26.4. The maximum atomic E-state index is 12.8. The number of nitrogens with zero attached hydrogens (tertiary/aromatic N) is 3. The number of thiophene rings is 1. The average molecular weight is 561 g/mol. The molecule has 11 heteroatoms. The molecule has 0 spiro atoms. The van der Waals surface area contributed by atoms with Crippen LogP contribution in [0.4, 0.5) is 5.00 Å². The second kappa shape index (κ2) is 10.6.